The van der Waals surface area contributed by atoms with Crippen molar-refractivity contribution < 1.29 is 4.52 Å². The molecule has 0 aliphatic carbocycles. The van der Waals surface area contributed by atoms with Crippen molar-refractivity contribution in [3.05, 3.63) is 75.0 Å². The molecule has 0 N–H and O–H groups in total. The number of fused-ring (bicyclic) bond motifs is 1. The fraction of sp³-hybridized carbons (Fsp3) is 0.158. The Labute approximate surface area is 157 Å². The summed E-state index contributed by atoms with van der Waals surface area (Å²) in [6.07, 6.45) is 0.634. The van der Waals surface area contributed by atoms with Crippen LogP contribution in [0.1, 0.15) is 18.6 Å². The Balaban J connectivity index is 1.75. The first kappa shape index (κ1) is 16.7. The number of halogens is 1. The van der Waals surface area contributed by atoms with E-state index in [4.69, 9.17) is 4.52 Å². The van der Waals surface area contributed by atoms with Gasteiger partial charge in [0.05, 0.1) is 23.0 Å². The average Bonchev–Trinajstić information content (AvgIpc) is 3.12. The van der Waals surface area contributed by atoms with Gasteiger partial charge in [-0.05, 0) is 40.2 Å². The number of para-hydroxylation sites is 1. The quantitative estimate of drug-likeness (QED) is 0.511. The lowest BCUT2D eigenvalue weighted by Gasteiger charge is -2.10. The van der Waals surface area contributed by atoms with Gasteiger partial charge in [0.25, 0.3) is 11.4 Å². The van der Waals surface area contributed by atoms with E-state index in [9.17, 15) is 4.79 Å². The van der Waals surface area contributed by atoms with Crippen molar-refractivity contribution in [3.63, 3.8) is 0 Å². The van der Waals surface area contributed by atoms with Crippen LogP contribution in [0.15, 0.2) is 62.3 Å². The highest BCUT2D eigenvalue weighted by Crippen LogP contribution is 2.26. The van der Waals surface area contributed by atoms with Crippen LogP contribution in [0, 0.1) is 0 Å². The van der Waals surface area contributed by atoms with E-state index < -0.39 is 0 Å². The molecule has 4 aromatic rings. The summed E-state index contributed by atoms with van der Waals surface area (Å²) in [5, 5.41) is 4.61. The summed E-state index contributed by atoms with van der Waals surface area (Å²) in [6, 6.07) is 15.0. The summed E-state index contributed by atoms with van der Waals surface area (Å²) in [6.45, 7) is 2.18. The van der Waals surface area contributed by atoms with Crippen LogP contribution >= 0.6 is 15.9 Å². The predicted octanol–water partition coefficient (Wildman–Crippen LogP) is 3.82. The maximum atomic E-state index is 12.9. The van der Waals surface area contributed by atoms with Gasteiger partial charge < -0.3 is 4.52 Å². The number of hydrogen-bond donors (Lipinski definition) is 0. The van der Waals surface area contributed by atoms with Crippen LogP contribution in [-0.4, -0.2) is 19.7 Å². The minimum atomic E-state index is -0.0975. The van der Waals surface area contributed by atoms with Crippen molar-refractivity contribution in [1.29, 1.82) is 0 Å². The number of rotatable bonds is 4. The number of hydrogen-bond acceptors (Lipinski definition) is 5. The summed E-state index contributed by atoms with van der Waals surface area (Å²) in [5.74, 6) is 1.54. The van der Waals surface area contributed by atoms with E-state index in [1.165, 1.54) is 0 Å². The highest BCUT2D eigenvalue weighted by atomic mass is 79.9. The van der Waals surface area contributed by atoms with Crippen LogP contribution in [0.2, 0.25) is 0 Å². The molecule has 2 aromatic carbocycles. The van der Waals surface area contributed by atoms with Gasteiger partial charge >= 0.3 is 0 Å². The number of benzene rings is 2. The van der Waals surface area contributed by atoms with Crippen LogP contribution in [0.3, 0.4) is 0 Å². The summed E-state index contributed by atoms with van der Waals surface area (Å²) in [5.41, 5.74) is 1.42. The van der Waals surface area contributed by atoms with Crippen LogP contribution in [0.25, 0.3) is 22.4 Å². The first-order chi connectivity index (χ1) is 12.7. The highest BCUT2D eigenvalue weighted by Gasteiger charge is 2.15. The van der Waals surface area contributed by atoms with Crippen molar-refractivity contribution in [3.8, 4) is 11.5 Å². The Kier molecular flexibility index (Phi) is 4.38. The summed E-state index contributed by atoms with van der Waals surface area (Å²) < 4.78 is 7.86. The third-order valence-corrected chi connectivity index (χ3v) is 4.82. The lowest BCUT2D eigenvalue weighted by Crippen LogP contribution is -2.26. The van der Waals surface area contributed by atoms with Crippen molar-refractivity contribution in [2.45, 2.75) is 19.9 Å². The minimum absolute atomic E-state index is 0.0975. The third-order valence-electron chi connectivity index (χ3n) is 4.13. The first-order valence-electron chi connectivity index (χ1n) is 8.23. The highest BCUT2D eigenvalue weighted by molar-refractivity contribution is 9.10. The zero-order chi connectivity index (χ0) is 18.1. The molecule has 0 amide bonds. The Morgan fingerprint density at radius 2 is 1.85 bits per heavy atom. The lowest BCUT2D eigenvalue weighted by atomic mass is 10.2. The van der Waals surface area contributed by atoms with Crippen molar-refractivity contribution >= 4 is 26.8 Å². The van der Waals surface area contributed by atoms with Crippen LogP contribution in [-0.2, 0) is 13.0 Å². The smallest absolute Gasteiger partial charge is 0.261 e. The zero-order valence-corrected chi connectivity index (χ0v) is 15.6. The topological polar surface area (TPSA) is 73.8 Å². The van der Waals surface area contributed by atoms with E-state index in [1.54, 1.807) is 10.6 Å². The molecule has 0 bridgehead atoms. The van der Waals surface area contributed by atoms with Gasteiger partial charge in [-0.15, -0.1) is 0 Å². The maximum absolute atomic E-state index is 12.9. The van der Waals surface area contributed by atoms with Crippen molar-refractivity contribution in [1.82, 2.24) is 19.7 Å². The Bertz CT molecular complexity index is 1150. The lowest BCUT2D eigenvalue weighted by molar-refractivity contribution is 0.419. The predicted molar refractivity (Wildman–Crippen MR) is 102 cm³/mol. The molecule has 0 saturated heterocycles. The van der Waals surface area contributed by atoms with E-state index in [1.807, 2.05) is 49.4 Å². The van der Waals surface area contributed by atoms with E-state index in [2.05, 4.69) is 31.1 Å². The van der Waals surface area contributed by atoms with E-state index in [0.29, 0.717) is 34.9 Å². The maximum Gasteiger partial charge on any atom is 0.261 e. The molecule has 0 radical (unpaired) electrons. The molecular formula is C19H15BrN4O2. The van der Waals surface area contributed by atoms with E-state index >= 15 is 0 Å². The third kappa shape index (κ3) is 2.94. The molecule has 0 aliphatic rings. The van der Waals surface area contributed by atoms with Crippen LogP contribution in [0.5, 0.6) is 0 Å². The Morgan fingerprint density at radius 1 is 1.08 bits per heavy atom. The Morgan fingerprint density at radius 3 is 2.65 bits per heavy atom. The van der Waals surface area contributed by atoms with Crippen molar-refractivity contribution in [2.75, 3.05) is 0 Å². The van der Waals surface area contributed by atoms with Gasteiger partial charge in [-0.3, -0.25) is 9.36 Å². The van der Waals surface area contributed by atoms with Crippen LogP contribution in [0.4, 0.5) is 0 Å². The van der Waals surface area contributed by atoms with Gasteiger partial charge in [-0.2, -0.15) is 4.98 Å². The molecule has 0 fully saturated rings. The molecule has 0 aliphatic heterocycles. The zero-order valence-electron chi connectivity index (χ0n) is 14.0. The van der Waals surface area contributed by atoms with Gasteiger partial charge in [0.15, 0.2) is 5.82 Å². The molecule has 7 heteroatoms. The molecule has 0 atom stereocenters. The number of nitrogens with zero attached hydrogens (tertiary/aromatic N) is 4. The van der Waals surface area contributed by atoms with Gasteiger partial charge in [0.2, 0.25) is 0 Å². The number of aromatic nitrogens is 4. The number of aryl methyl sites for hydroxylation is 1. The fourth-order valence-electron chi connectivity index (χ4n) is 2.85. The minimum Gasteiger partial charge on any atom is -0.334 e. The average molecular weight is 411 g/mol. The first-order valence-corrected chi connectivity index (χ1v) is 9.02. The standard InChI is InChI=1S/C19H15BrN4O2/c1-2-17-21-15-10-6-4-8-13(15)19(25)24(17)11-16-22-18(26-23-16)12-7-3-5-9-14(12)20/h3-10H,2,11H2,1H3. The second kappa shape index (κ2) is 6.84. The molecule has 26 heavy (non-hydrogen) atoms. The molecule has 6 nitrogen and oxygen atoms in total. The molecule has 130 valence electrons. The second-order valence-electron chi connectivity index (χ2n) is 5.79. The SMILES string of the molecule is CCc1nc2ccccc2c(=O)n1Cc1noc(-c2ccccc2Br)n1. The molecule has 4 rings (SSSR count). The van der Waals surface area contributed by atoms with Crippen LogP contribution < -0.4 is 5.56 Å². The van der Waals surface area contributed by atoms with Gasteiger partial charge in [0.1, 0.15) is 5.82 Å². The molecule has 2 heterocycles. The monoisotopic (exact) mass is 410 g/mol. The molecule has 2 aromatic heterocycles. The molecule has 0 saturated carbocycles. The normalized spacial score (nSPS) is 11.2. The van der Waals surface area contributed by atoms with Gasteiger partial charge in [-0.1, -0.05) is 36.3 Å². The summed E-state index contributed by atoms with van der Waals surface area (Å²) >= 11 is 3.48. The van der Waals surface area contributed by atoms with Gasteiger partial charge in [0, 0.05) is 10.9 Å². The second-order valence-corrected chi connectivity index (χ2v) is 6.64. The van der Waals surface area contributed by atoms with E-state index in [-0.39, 0.29) is 12.1 Å². The largest absolute Gasteiger partial charge is 0.334 e. The summed E-state index contributed by atoms with van der Waals surface area (Å²) in [7, 11) is 0. The molecule has 0 unspecified atom stereocenters. The Hall–Kier alpha value is -2.80. The fourth-order valence-corrected chi connectivity index (χ4v) is 3.30. The molecule has 0 spiro atoms. The molecular weight excluding hydrogens is 396 g/mol. The van der Waals surface area contributed by atoms with E-state index in [0.717, 1.165) is 10.0 Å². The van der Waals surface area contributed by atoms with Gasteiger partial charge in [-0.25, -0.2) is 4.98 Å². The van der Waals surface area contributed by atoms with Crippen molar-refractivity contribution in [2.24, 2.45) is 0 Å². The summed E-state index contributed by atoms with van der Waals surface area (Å²) in [4.78, 5) is 21.9.